The average molecular weight is 460 g/mol. The predicted molar refractivity (Wildman–Crippen MR) is 116 cm³/mol. The Labute approximate surface area is 169 Å². The van der Waals surface area contributed by atoms with E-state index in [9.17, 15) is 0 Å². The Kier molecular flexibility index (Phi) is 11.9. The lowest BCUT2D eigenvalue weighted by atomic mass is 10.1. The summed E-state index contributed by atoms with van der Waals surface area (Å²) in [6.45, 7) is 8.66. The maximum atomic E-state index is 5.55. The van der Waals surface area contributed by atoms with Gasteiger partial charge in [-0.15, -0.1) is 24.0 Å². The number of benzene rings is 1. The third-order valence-electron chi connectivity index (χ3n) is 4.42. The molecule has 2 N–H and O–H groups in total. The van der Waals surface area contributed by atoms with Gasteiger partial charge < -0.3 is 20.3 Å². The van der Waals surface area contributed by atoms with Gasteiger partial charge in [0.15, 0.2) is 5.96 Å². The smallest absolute Gasteiger partial charge is 0.191 e. The fourth-order valence-corrected chi connectivity index (χ4v) is 3.00. The number of ether oxygens (including phenoxy) is 1. The highest BCUT2D eigenvalue weighted by atomic mass is 127. The Balaban J connectivity index is 0.00000312. The van der Waals surface area contributed by atoms with E-state index >= 15 is 0 Å². The van der Waals surface area contributed by atoms with Crippen molar-refractivity contribution >= 4 is 29.9 Å². The molecule has 1 aromatic rings. The van der Waals surface area contributed by atoms with E-state index in [1.807, 2.05) is 14.0 Å². The number of hydrogen-bond acceptors (Lipinski definition) is 3. The second kappa shape index (κ2) is 13.4. The number of nitrogens with zero attached hydrogens (tertiary/aromatic N) is 2. The van der Waals surface area contributed by atoms with Gasteiger partial charge >= 0.3 is 0 Å². The van der Waals surface area contributed by atoms with Crippen molar-refractivity contribution in [3.05, 3.63) is 35.4 Å². The zero-order valence-electron chi connectivity index (χ0n) is 15.6. The Bertz CT molecular complexity index is 504. The third-order valence-corrected chi connectivity index (χ3v) is 4.42. The fraction of sp³-hybridized carbons (Fsp3) is 0.632. The Morgan fingerprint density at radius 3 is 2.52 bits per heavy atom. The topological polar surface area (TPSA) is 48.9 Å². The van der Waals surface area contributed by atoms with E-state index in [0.29, 0.717) is 6.61 Å². The molecule has 1 aromatic carbocycles. The molecule has 1 heterocycles. The highest BCUT2D eigenvalue weighted by Crippen LogP contribution is 2.10. The lowest BCUT2D eigenvalue weighted by Gasteiger charge is -2.26. The van der Waals surface area contributed by atoms with E-state index in [4.69, 9.17) is 4.74 Å². The second-order valence-corrected chi connectivity index (χ2v) is 6.16. The summed E-state index contributed by atoms with van der Waals surface area (Å²) in [6, 6.07) is 8.39. The first-order chi connectivity index (χ1) is 11.8. The molecule has 2 rings (SSSR count). The van der Waals surface area contributed by atoms with Gasteiger partial charge in [0.05, 0.1) is 6.61 Å². The number of rotatable bonds is 8. The van der Waals surface area contributed by atoms with Crippen molar-refractivity contribution < 1.29 is 4.74 Å². The highest BCUT2D eigenvalue weighted by molar-refractivity contribution is 14.0. The number of nitrogens with one attached hydrogen (secondary N) is 2. The number of piperidine rings is 1. The predicted octanol–water partition coefficient (Wildman–Crippen LogP) is 2.99. The van der Waals surface area contributed by atoms with Crippen molar-refractivity contribution in [2.24, 2.45) is 4.99 Å². The van der Waals surface area contributed by atoms with Crippen LogP contribution in [0.3, 0.4) is 0 Å². The molecule has 1 aliphatic rings. The summed E-state index contributed by atoms with van der Waals surface area (Å²) in [5, 5.41) is 6.82. The molecule has 0 bridgehead atoms. The van der Waals surface area contributed by atoms with Gasteiger partial charge in [-0.2, -0.15) is 0 Å². The minimum absolute atomic E-state index is 0. The maximum Gasteiger partial charge on any atom is 0.191 e. The first-order valence-electron chi connectivity index (χ1n) is 9.15. The summed E-state index contributed by atoms with van der Waals surface area (Å²) in [5.41, 5.74) is 2.49. The lowest BCUT2D eigenvalue weighted by molar-refractivity contribution is 0.133. The normalized spacial score (nSPS) is 15.5. The van der Waals surface area contributed by atoms with Crippen molar-refractivity contribution in [1.82, 2.24) is 15.5 Å². The largest absolute Gasteiger partial charge is 0.377 e. The molecule has 0 saturated carbocycles. The van der Waals surface area contributed by atoms with Crippen LogP contribution in [0, 0.1) is 0 Å². The number of aliphatic imine (C=N–C) groups is 1. The van der Waals surface area contributed by atoms with Crippen LogP contribution in [-0.2, 0) is 17.9 Å². The monoisotopic (exact) mass is 460 g/mol. The fourth-order valence-electron chi connectivity index (χ4n) is 3.00. The average Bonchev–Trinajstić information content (AvgIpc) is 2.64. The molecule has 0 amide bonds. The van der Waals surface area contributed by atoms with Gasteiger partial charge in [0, 0.05) is 33.3 Å². The quantitative estimate of drug-likeness (QED) is 0.356. The Morgan fingerprint density at radius 2 is 1.84 bits per heavy atom. The summed E-state index contributed by atoms with van der Waals surface area (Å²) in [5.74, 6) is 0.859. The molecule has 1 aliphatic heterocycles. The van der Waals surface area contributed by atoms with Gasteiger partial charge in [-0.25, -0.2) is 0 Å². The van der Waals surface area contributed by atoms with E-state index in [1.165, 1.54) is 43.5 Å². The molecular weight excluding hydrogens is 427 g/mol. The van der Waals surface area contributed by atoms with Crippen LogP contribution in [0.2, 0.25) is 0 Å². The standard InChI is InChI=1S/C19H32N4O.HI/c1-3-24-16-18-10-6-5-9-17(18)15-22-19(20-2)21-11-14-23-12-7-4-8-13-23;/h5-6,9-10H,3-4,7-8,11-16H2,1-2H3,(H2,20,21,22);1H. The number of hydrogen-bond donors (Lipinski definition) is 2. The van der Waals surface area contributed by atoms with Crippen LogP contribution in [0.4, 0.5) is 0 Å². The zero-order chi connectivity index (χ0) is 17.0. The number of guanidine groups is 1. The van der Waals surface area contributed by atoms with Crippen LogP contribution < -0.4 is 10.6 Å². The van der Waals surface area contributed by atoms with Crippen molar-refractivity contribution in [2.75, 3.05) is 39.8 Å². The molecule has 0 aromatic heterocycles. The van der Waals surface area contributed by atoms with Crippen LogP contribution >= 0.6 is 24.0 Å². The van der Waals surface area contributed by atoms with E-state index < -0.39 is 0 Å². The lowest BCUT2D eigenvalue weighted by Crippen LogP contribution is -2.42. The van der Waals surface area contributed by atoms with Gasteiger partial charge in [0.25, 0.3) is 0 Å². The minimum atomic E-state index is 0. The molecule has 0 radical (unpaired) electrons. The molecule has 5 nitrogen and oxygen atoms in total. The van der Waals surface area contributed by atoms with E-state index in [0.717, 1.165) is 32.2 Å². The summed E-state index contributed by atoms with van der Waals surface area (Å²) < 4.78 is 5.55. The van der Waals surface area contributed by atoms with Crippen LogP contribution in [0.15, 0.2) is 29.3 Å². The summed E-state index contributed by atoms with van der Waals surface area (Å²) in [6.07, 6.45) is 4.06. The van der Waals surface area contributed by atoms with Crippen LogP contribution in [0.25, 0.3) is 0 Å². The van der Waals surface area contributed by atoms with Crippen molar-refractivity contribution in [3.8, 4) is 0 Å². The SMILES string of the molecule is CCOCc1ccccc1CNC(=NC)NCCN1CCCCC1.I. The van der Waals surface area contributed by atoms with E-state index in [2.05, 4.69) is 44.8 Å². The van der Waals surface area contributed by atoms with Crippen LogP contribution in [0.1, 0.15) is 37.3 Å². The summed E-state index contributed by atoms with van der Waals surface area (Å²) >= 11 is 0. The number of likely N-dealkylation sites (tertiary alicyclic amines) is 1. The third kappa shape index (κ3) is 8.37. The van der Waals surface area contributed by atoms with Gasteiger partial charge in [0.2, 0.25) is 0 Å². The van der Waals surface area contributed by atoms with Gasteiger partial charge in [-0.1, -0.05) is 30.7 Å². The first-order valence-corrected chi connectivity index (χ1v) is 9.15. The van der Waals surface area contributed by atoms with E-state index in [-0.39, 0.29) is 24.0 Å². The minimum Gasteiger partial charge on any atom is -0.377 e. The molecule has 0 aliphatic carbocycles. The van der Waals surface area contributed by atoms with Gasteiger partial charge in [-0.3, -0.25) is 4.99 Å². The Hall–Kier alpha value is -0.860. The molecular formula is C19H33IN4O. The molecule has 0 unspecified atom stereocenters. The second-order valence-electron chi connectivity index (χ2n) is 6.16. The molecule has 0 atom stereocenters. The van der Waals surface area contributed by atoms with Crippen molar-refractivity contribution in [3.63, 3.8) is 0 Å². The van der Waals surface area contributed by atoms with Crippen molar-refractivity contribution in [1.29, 1.82) is 0 Å². The van der Waals surface area contributed by atoms with E-state index in [1.54, 1.807) is 0 Å². The van der Waals surface area contributed by atoms with Gasteiger partial charge in [-0.05, 0) is 44.0 Å². The van der Waals surface area contributed by atoms with Gasteiger partial charge in [0.1, 0.15) is 0 Å². The maximum absolute atomic E-state index is 5.55. The highest BCUT2D eigenvalue weighted by Gasteiger charge is 2.09. The molecule has 6 heteroatoms. The number of halogens is 1. The molecule has 1 fully saturated rings. The van der Waals surface area contributed by atoms with Crippen LogP contribution in [-0.4, -0.2) is 50.7 Å². The zero-order valence-corrected chi connectivity index (χ0v) is 17.9. The molecule has 142 valence electrons. The molecule has 25 heavy (non-hydrogen) atoms. The summed E-state index contributed by atoms with van der Waals surface area (Å²) in [7, 11) is 1.82. The Morgan fingerprint density at radius 1 is 1.12 bits per heavy atom. The van der Waals surface area contributed by atoms with Crippen molar-refractivity contribution in [2.45, 2.75) is 39.3 Å². The summed E-state index contributed by atoms with van der Waals surface area (Å²) in [4.78, 5) is 6.85. The molecule has 0 spiro atoms. The molecule has 1 saturated heterocycles. The first kappa shape index (κ1) is 22.2. The van der Waals surface area contributed by atoms with Crippen LogP contribution in [0.5, 0.6) is 0 Å².